The Balaban J connectivity index is 1.51. The molecule has 36 heavy (non-hydrogen) atoms. The average Bonchev–Trinajstić information content (AvgIpc) is 3.29. The van der Waals surface area contributed by atoms with Crippen LogP contribution in [0.4, 0.5) is 5.13 Å². The number of benzene rings is 2. The van der Waals surface area contributed by atoms with Gasteiger partial charge in [-0.3, -0.25) is 9.69 Å². The Morgan fingerprint density at radius 1 is 1.08 bits per heavy atom. The molecule has 194 valence electrons. The number of fused-ring (bicyclic) bond motifs is 1. The zero-order valence-corrected chi connectivity index (χ0v) is 23.4. The van der Waals surface area contributed by atoms with Crippen LogP contribution < -0.4 is 4.90 Å². The molecule has 1 amide bonds. The molecular weight excluding hydrogens is 516 g/mol. The van der Waals surface area contributed by atoms with Crippen LogP contribution in [-0.4, -0.2) is 67.8 Å². The van der Waals surface area contributed by atoms with Gasteiger partial charge in [0.1, 0.15) is 0 Å². The standard InChI is InChI=1S/C26H33ClN4O3S2/c1-4-29(5-2)16-17-31(26-28-23-11-8-21(27)18-24(23)35-26)25(32)20-12-14-30(15-13-20)36(33,34)22-9-6-19(3)7-10-22/h6-11,18,20H,4-5,12-17H2,1-3H3. The number of rotatable bonds is 9. The van der Waals surface area contributed by atoms with Crippen molar-refractivity contribution in [1.82, 2.24) is 14.2 Å². The summed E-state index contributed by atoms with van der Waals surface area (Å²) in [6.45, 7) is 9.90. The van der Waals surface area contributed by atoms with Gasteiger partial charge in [-0.1, -0.05) is 54.5 Å². The number of aromatic nitrogens is 1. The molecule has 1 aliphatic rings. The molecule has 7 nitrogen and oxygen atoms in total. The number of hydrogen-bond donors (Lipinski definition) is 0. The molecule has 0 radical (unpaired) electrons. The van der Waals surface area contributed by atoms with E-state index in [1.807, 2.05) is 31.2 Å². The maximum Gasteiger partial charge on any atom is 0.243 e. The van der Waals surface area contributed by atoms with E-state index in [0.29, 0.717) is 47.5 Å². The predicted molar refractivity (Wildman–Crippen MR) is 147 cm³/mol. The Labute approximate surface area is 222 Å². The second kappa shape index (κ2) is 11.6. The van der Waals surface area contributed by atoms with Crippen LogP contribution in [0.3, 0.4) is 0 Å². The van der Waals surface area contributed by atoms with E-state index < -0.39 is 10.0 Å². The van der Waals surface area contributed by atoms with E-state index in [2.05, 4.69) is 18.7 Å². The molecule has 0 N–H and O–H groups in total. The number of aryl methyl sites for hydroxylation is 1. The fourth-order valence-electron chi connectivity index (χ4n) is 4.51. The van der Waals surface area contributed by atoms with Crippen molar-refractivity contribution in [1.29, 1.82) is 0 Å². The van der Waals surface area contributed by atoms with Gasteiger partial charge in [0.25, 0.3) is 0 Å². The van der Waals surface area contributed by atoms with Crippen LogP contribution in [0.25, 0.3) is 10.2 Å². The van der Waals surface area contributed by atoms with Crippen molar-refractivity contribution in [3.8, 4) is 0 Å². The molecule has 2 heterocycles. The second-order valence-electron chi connectivity index (χ2n) is 9.12. The van der Waals surface area contributed by atoms with Crippen molar-refractivity contribution in [2.45, 2.75) is 38.5 Å². The quantitative estimate of drug-likeness (QED) is 0.375. The molecule has 0 atom stereocenters. The minimum Gasteiger partial charge on any atom is -0.302 e. The number of nitrogens with zero attached hydrogens (tertiary/aromatic N) is 4. The van der Waals surface area contributed by atoms with Gasteiger partial charge >= 0.3 is 0 Å². The van der Waals surface area contributed by atoms with E-state index >= 15 is 0 Å². The first-order valence-corrected chi connectivity index (χ1v) is 15.0. The number of halogens is 1. The Kier molecular flexibility index (Phi) is 8.67. The molecule has 10 heteroatoms. The molecule has 0 aliphatic carbocycles. The minimum atomic E-state index is -3.57. The summed E-state index contributed by atoms with van der Waals surface area (Å²) in [6.07, 6.45) is 0.977. The lowest BCUT2D eigenvalue weighted by Gasteiger charge is -2.33. The van der Waals surface area contributed by atoms with Gasteiger partial charge in [-0.25, -0.2) is 13.4 Å². The lowest BCUT2D eigenvalue weighted by atomic mass is 9.96. The molecule has 0 bridgehead atoms. The van der Waals surface area contributed by atoms with Crippen LogP contribution in [0.5, 0.6) is 0 Å². The van der Waals surface area contributed by atoms with Gasteiger partial charge in [-0.2, -0.15) is 4.31 Å². The average molecular weight is 549 g/mol. The molecule has 1 aliphatic heterocycles. The first kappa shape index (κ1) is 27.0. The van der Waals surface area contributed by atoms with Gasteiger partial charge in [-0.05, 0) is 63.2 Å². The third-order valence-electron chi connectivity index (χ3n) is 6.83. The molecule has 0 saturated carbocycles. The molecule has 1 aromatic heterocycles. The summed E-state index contributed by atoms with van der Waals surface area (Å²) in [7, 11) is -3.57. The van der Waals surface area contributed by atoms with Crippen molar-refractivity contribution in [3.63, 3.8) is 0 Å². The van der Waals surface area contributed by atoms with Crippen LogP contribution in [0.2, 0.25) is 5.02 Å². The van der Waals surface area contributed by atoms with Crippen LogP contribution >= 0.6 is 22.9 Å². The number of amides is 1. The lowest BCUT2D eigenvalue weighted by molar-refractivity contribution is -0.123. The molecule has 1 saturated heterocycles. The zero-order valence-electron chi connectivity index (χ0n) is 21.0. The summed E-state index contributed by atoms with van der Waals surface area (Å²) in [4.78, 5) is 22.9. The summed E-state index contributed by atoms with van der Waals surface area (Å²) < 4.78 is 28.7. The Morgan fingerprint density at radius 2 is 1.75 bits per heavy atom. The SMILES string of the molecule is CCN(CC)CCN(C(=O)C1CCN(S(=O)(=O)c2ccc(C)cc2)CC1)c1nc2ccc(Cl)cc2s1. The predicted octanol–water partition coefficient (Wildman–Crippen LogP) is 5.03. The fourth-order valence-corrected chi connectivity index (χ4v) is 7.25. The number of carbonyl (C=O) groups excluding carboxylic acids is 1. The Bertz CT molecular complexity index is 1300. The maximum absolute atomic E-state index is 13.8. The highest BCUT2D eigenvalue weighted by Crippen LogP contribution is 2.33. The number of anilines is 1. The van der Waals surface area contributed by atoms with E-state index in [4.69, 9.17) is 16.6 Å². The van der Waals surface area contributed by atoms with Crippen molar-refractivity contribution < 1.29 is 13.2 Å². The molecular formula is C26H33ClN4O3S2. The molecule has 0 unspecified atom stereocenters. The number of piperidine rings is 1. The summed E-state index contributed by atoms with van der Waals surface area (Å²) in [5, 5.41) is 1.31. The molecule has 4 rings (SSSR count). The van der Waals surface area contributed by atoms with Gasteiger partial charge in [0.05, 0.1) is 15.1 Å². The van der Waals surface area contributed by atoms with Gasteiger partial charge < -0.3 is 4.90 Å². The van der Waals surface area contributed by atoms with Crippen LogP contribution in [0.15, 0.2) is 47.4 Å². The lowest BCUT2D eigenvalue weighted by Crippen LogP contribution is -2.46. The number of likely N-dealkylation sites (N-methyl/N-ethyl adjacent to an activating group) is 1. The highest BCUT2D eigenvalue weighted by atomic mass is 35.5. The topological polar surface area (TPSA) is 73.8 Å². The minimum absolute atomic E-state index is 0.0136. The summed E-state index contributed by atoms with van der Waals surface area (Å²) in [5.74, 6) is -0.235. The highest BCUT2D eigenvalue weighted by Gasteiger charge is 2.35. The molecule has 2 aromatic carbocycles. The van der Waals surface area contributed by atoms with E-state index in [1.165, 1.54) is 15.6 Å². The summed E-state index contributed by atoms with van der Waals surface area (Å²) in [5.41, 5.74) is 1.83. The zero-order chi connectivity index (χ0) is 25.9. The van der Waals surface area contributed by atoms with Crippen molar-refractivity contribution in [3.05, 3.63) is 53.1 Å². The molecule has 1 fully saturated rings. The van der Waals surface area contributed by atoms with Crippen molar-refractivity contribution in [2.24, 2.45) is 5.92 Å². The van der Waals surface area contributed by atoms with E-state index in [-0.39, 0.29) is 11.8 Å². The monoisotopic (exact) mass is 548 g/mol. The molecule has 0 spiro atoms. The fraction of sp³-hybridized carbons (Fsp3) is 0.462. The maximum atomic E-state index is 13.8. The smallest absolute Gasteiger partial charge is 0.243 e. The largest absolute Gasteiger partial charge is 0.302 e. The number of hydrogen-bond acceptors (Lipinski definition) is 6. The second-order valence-corrected chi connectivity index (χ2v) is 12.5. The van der Waals surface area contributed by atoms with Gasteiger partial charge in [0, 0.05) is 37.1 Å². The van der Waals surface area contributed by atoms with Gasteiger partial charge in [0.15, 0.2) is 5.13 Å². The van der Waals surface area contributed by atoms with Gasteiger partial charge in [0.2, 0.25) is 15.9 Å². The van der Waals surface area contributed by atoms with Crippen LogP contribution in [-0.2, 0) is 14.8 Å². The normalized spacial score (nSPS) is 15.6. The van der Waals surface area contributed by atoms with Gasteiger partial charge in [-0.15, -0.1) is 0 Å². The van der Waals surface area contributed by atoms with E-state index in [9.17, 15) is 13.2 Å². The third-order valence-corrected chi connectivity index (χ3v) is 10.0. The van der Waals surface area contributed by atoms with E-state index in [1.54, 1.807) is 23.1 Å². The Hall–Kier alpha value is -2.04. The molecule has 3 aromatic rings. The number of sulfonamides is 1. The van der Waals surface area contributed by atoms with E-state index in [0.717, 1.165) is 35.4 Å². The van der Waals surface area contributed by atoms with Crippen molar-refractivity contribution in [2.75, 3.05) is 44.2 Å². The van der Waals surface area contributed by atoms with Crippen LogP contribution in [0, 0.1) is 12.8 Å². The van der Waals surface area contributed by atoms with Crippen molar-refractivity contribution >= 4 is 54.2 Å². The number of carbonyl (C=O) groups is 1. The highest BCUT2D eigenvalue weighted by molar-refractivity contribution is 7.89. The first-order valence-electron chi connectivity index (χ1n) is 12.4. The summed E-state index contributed by atoms with van der Waals surface area (Å²) >= 11 is 7.64. The summed E-state index contributed by atoms with van der Waals surface area (Å²) in [6, 6.07) is 12.5. The number of thiazole rings is 1. The Morgan fingerprint density at radius 3 is 2.39 bits per heavy atom. The van der Waals surface area contributed by atoms with Crippen LogP contribution in [0.1, 0.15) is 32.3 Å². The first-order chi connectivity index (χ1) is 17.2. The third kappa shape index (κ3) is 5.92.